The van der Waals surface area contributed by atoms with Gasteiger partial charge in [0.1, 0.15) is 0 Å². The zero-order valence-electron chi connectivity index (χ0n) is 10.4. The Balaban J connectivity index is 0.00000128. The van der Waals surface area contributed by atoms with Crippen LogP contribution in [0.25, 0.3) is 0 Å². The topological polar surface area (TPSA) is 38.0 Å². The Hall–Kier alpha value is -0.900. The molecule has 1 aromatic rings. The molecule has 0 amide bonds. The molecule has 1 heterocycles. The van der Waals surface area contributed by atoms with Crippen LogP contribution >= 0.6 is 0 Å². The molecule has 1 unspecified atom stereocenters. The number of hydrogen-bond donors (Lipinski definition) is 0. The average Bonchev–Trinajstić information content (AvgIpc) is 2.53. The average molecular weight is 222 g/mol. The maximum atomic E-state index is 2.52. The van der Waals surface area contributed by atoms with Gasteiger partial charge in [-0.05, 0) is 26.5 Å². The first-order valence-electron chi connectivity index (χ1n) is 5.66. The van der Waals surface area contributed by atoms with Gasteiger partial charge in [0.05, 0.1) is 6.17 Å². The van der Waals surface area contributed by atoms with Crippen molar-refractivity contribution in [1.29, 1.82) is 0 Å². The summed E-state index contributed by atoms with van der Waals surface area (Å²) in [6.07, 6.45) is 0.575. The first-order valence-corrected chi connectivity index (χ1v) is 5.66. The second-order valence-corrected chi connectivity index (χ2v) is 4.57. The van der Waals surface area contributed by atoms with Crippen molar-refractivity contribution in [1.82, 2.24) is 9.80 Å². The van der Waals surface area contributed by atoms with E-state index < -0.39 is 0 Å². The summed E-state index contributed by atoms with van der Waals surface area (Å²) in [7, 11) is 2.19. The van der Waals surface area contributed by atoms with Gasteiger partial charge in [-0.1, -0.05) is 29.8 Å². The molecule has 3 heteroatoms. The Morgan fingerprint density at radius 1 is 1.19 bits per heavy atom. The monoisotopic (exact) mass is 222 g/mol. The molecule has 0 radical (unpaired) electrons. The summed E-state index contributed by atoms with van der Waals surface area (Å²) in [6, 6.07) is 8.86. The van der Waals surface area contributed by atoms with Gasteiger partial charge in [0.2, 0.25) is 0 Å². The van der Waals surface area contributed by atoms with Crippen LogP contribution in [0, 0.1) is 6.92 Å². The molecule has 0 aromatic heterocycles. The highest BCUT2D eigenvalue weighted by atomic mass is 16.0. The highest BCUT2D eigenvalue weighted by Gasteiger charge is 2.24. The molecule has 1 aliphatic heterocycles. The summed E-state index contributed by atoms with van der Waals surface area (Å²) in [5.41, 5.74) is 2.76. The number of aryl methyl sites for hydroxylation is 1. The van der Waals surface area contributed by atoms with Crippen molar-refractivity contribution in [2.75, 3.05) is 20.1 Å². The third-order valence-electron chi connectivity index (χ3n) is 3.41. The predicted molar refractivity (Wildman–Crippen MR) is 67.3 cm³/mol. The number of hydrogen-bond acceptors (Lipinski definition) is 2. The summed E-state index contributed by atoms with van der Waals surface area (Å²) in [6.45, 7) is 7.86. The van der Waals surface area contributed by atoms with E-state index in [2.05, 4.69) is 55.0 Å². The molecule has 1 saturated heterocycles. The van der Waals surface area contributed by atoms with Gasteiger partial charge in [-0.2, -0.15) is 0 Å². The van der Waals surface area contributed by atoms with Gasteiger partial charge in [-0.25, -0.2) is 0 Å². The zero-order valence-corrected chi connectivity index (χ0v) is 10.4. The van der Waals surface area contributed by atoms with Crippen LogP contribution in [0.5, 0.6) is 0 Å². The van der Waals surface area contributed by atoms with Crippen LogP contribution in [0.4, 0.5) is 0 Å². The van der Waals surface area contributed by atoms with E-state index in [-0.39, 0.29) is 5.48 Å². The van der Waals surface area contributed by atoms with Gasteiger partial charge in [-0.3, -0.25) is 9.80 Å². The summed E-state index contributed by atoms with van der Waals surface area (Å²) in [4.78, 5) is 4.92. The fourth-order valence-corrected chi connectivity index (χ4v) is 2.08. The molecule has 90 valence electrons. The molecule has 1 atom stereocenters. The lowest BCUT2D eigenvalue weighted by molar-refractivity contribution is 0.170. The lowest BCUT2D eigenvalue weighted by Gasteiger charge is -2.24. The number of likely N-dealkylation sites (N-methyl/N-ethyl adjacent to an activating group) is 1. The van der Waals surface area contributed by atoms with Gasteiger partial charge in [0.15, 0.2) is 0 Å². The number of rotatable bonds is 2. The largest absolute Gasteiger partial charge is 0.412 e. The van der Waals surface area contributed by atoms with Gasteiger partial charge in [0, 0.05) is 19.6 Å². The Morgan fingerprint density at radius 3 is 2.31 bits per heavy atom. The molecule has 2 N–H and O–H groups in total. The van der Waals surface area contributed by atoms with E-state index in [0.717, 1.165) is 6.54 Å². The maximum Gasteiger partial charge on any atom is 0.0594 e. The number of nitrogens with zero attached hydrogens (tertiary/aromatic N) is 2. The van der Waals surface area contributed by atoms with Gasteiger partial charge < -0.3 is 5.48 Å². The second kappa shape index (κ2) is 5.43. The molecule has 3 nitrogen and oxygen atoms in total. The van der Waals surface area contributed by atoms with Crippen molar-refractivity contribution in [2.24, 2.45) is 0 Å². The van der Waals surface area contributed by atoms with E-state index >= 15 is 0 Å². The first kappa shape index (κ1) is 13.2. The van der Waals surface area contributed by atoms with Crippen LogP contribution in [0.1, 0.15) is 18.1 Å². The van der Waals surface area contributed by atoms with E-state index in [1.807, 2.05) is 0 Å². The lowest BCUT2D eigenvalue weighted by atomic mass is 10.1. The van der Waals surface area contributed by atoms with Crippen LogP contribution in [0.3, 0.4) is 0 Å². The van der Waals surface area contributed by atoms with E-state index in [0.29, 0.717) is 6.17 Å². The second-order valence-electron chi connectivity index (χ2n) is 4.57. The van der Waals surface area contributed by atoms with Crippen LogP contribution in [-0.2, 0) is 6.54 Å². The van der Waals surface area contributed by atoms with Crippen molar-refractivity contribution in [2.45, 2.75) is 26.6 Å². The van der Waals surface area contributed by atoms with Gasteiger partial charge in [-0.15, -0.1) is 0 Å². The fraction of sp³-hybridized carbons (Fsp3) is 0.538. The molecule has 1 aliphatic rings. The Morgan fingerprint density at radius 2 is 1.81 bits per heavy atom. The molecular formula is C13H22N2O. The normalized spacial score (nSPS) is 22.1. The van der Waals surface area contributed by atoms with E-state index in [4.69, 9.17) is 0 Å². The van der Waals surface area contributed by atoms with Crippen LogP contribution in [0.15, 0.2) is 24.3 Å². The summed E-state index contributed by atoms with van der Waals surface area (Å²) in [5.74, 6) is 0. The highest BCUT2D eigenvalue weighted by Crippen LogP contribution is 2.15. The molecule has 0 aliphatic carbocycles. The molecule has 0 spiro atoms. The lowest BCUT2D eigenvalue weighted by Crippen LogP contribution is -2.33. The maximum absolute atomic E-state index is 2.52. The smallest absolute Gasteiger partial charge is 0.0594 e. The van der Waals surface area contributed by atoms with Crippen molar-refractivity contribution in [3.05, 3.63) is 35.4 Å². The predicted octanol–water partition coefficient (Wildman–Crippen LogP) is 1.26. The minimum absolute atomic E-state index is 0. The zero-order chi connectivity index (χ0) is 10.8. The van der Waals surface area contributed by atoms with Crippen molar-refractivity contribution < 1.29 is 5.48 Å². The molecule has 16 heavy (non-hydrogen) atoms. The Labute approximate surface area is 98.0 Å². The SMILES string of the molecule is Cc1ccc(CN2CCN(C)C2C)cc1.O. The quantitative estimate of drug-likeness (QED) is 0.755. The highest BCUT2D eigenvalue weighted by molar-refractivity contribution is 5.21. The van der Waals surface area contributed by atoms with E-state index in [1.54, 1.807) is 0 Å². The van der Waals surface area contributed by atoms with E-state index in [9.17, 15) is 0 Å². The summed E-state index contributed by atoms with van der Waals surface area (Å²) >= 11 is 0. The summed E-state index contributed by atoms with van der Waals surface area (Å²) < 4.78 is 0. The minimum Gasteiger partial charge on any atom is -0.412 e. The first-order chi connectivity index (χ1) is 7.16. The van der Waals surface area contributed by atoms with Gasteiger partial charge in [0.25, 0.3) is 0 Å². The van der Waals surface area contributed by atoms with Crippen LogP contribution in [0.2, 0.25) is 0 Å². The minimum atomic E-state index is 0. The molecular weight excluding hydrogens is 200 g/mol. The van der Waals surface area contributed by atoms with Crippen molar-refractivity contribution >= 4 is 0 Å². The van der Waals surface area contributed by atoms with Crippen molar-refractivity contribution in [3.8, 4) is 0 Å². The molecule has 2 rings (SSSR count). The third kappa shape index (κ3) is 2.82. The molecule has 0 saturated carbocycles. The van der Waals surface area contributed by atoms with Crippen molar-refractivity contribution in [3.63, 3.8) is 0 Å². The van der Waals surface area contributed by atoms with Gasteiger partial charge >= 0.3 is 0 Å². The molecule has 0 bridgehead atoms. The summed E-state index contributed by atoms with van der Waals surface area (Å²) in [5, 5.41) is 0. The fourth-order valence-electron chi connectivity index (χ4n) is 2.08. The molecule has 1 fully saturated rings. The third-order valence-corrected chi connectivity index (χ3v) is 3.41. The van der Waals surface area contributed by atoms with Crippen LogP contribution in [-0.4, -0.2) is 41.6 Å². The van der Waals surface area contributed by atoms with E-state index in [1.165, 1.54) is 24.2 Å². The number of benzene rings is 1. The molecule has 1 aromatic carbocycles. The standard InChI is InChI=1S/C13H20N2.H2O/c1-11-4-6-13(7-5-11)10-15-9-8-14(3)12(15)2;/h4-7,12H,8-10H2,1-3H3;1H2. The Kier molecular flexibility index (Phi) is 4.47. The van der Waals surface area contributed by atoms with Crippen LogP contribution < -0.4 is 0 Å². The Bertz CT molecular complexity index is 323.